The summed E-state index contributed by atoms with van der Waals surface area (Å²) in [5, 5.41) is 2.97. The van der Waals surface area contributed by atoms with Gasteiger partial charge in [0.25, 0.3) is 5.91 Å². The van der Waals surface area contributed by atoms with Gasteiger partial charge in [-0.2, -0.15) is 0 Å². The van der Waals surface area contributed by atoms with E-state index in [9.17, 15) is 4.79 Å². The van der Waals surface area contributed by atoms with Crippen molar-refractivity contribution in [2.24, 2.45) is 0 Å². The van der Waals surface area contributed by atoms with E-state index in [1.807, 2.05) is 37.3 Å². The molecule has 0 aliphatic rings. The third-order valence-electron chi connectivity index (χ3n) is 2.69. The Morgan fingerprint density at radius 2 is 2.00 bits per heavy atom. The standard InChI is InChI=1S/C14H21NO2/c1-4-8-11(2)15-14(16)13(17-3)12-9-6-5-7-10-12/h5-7,9-11,13H,4,8H2,1-3H3,(H,15,16)/t11-,13+/m0/s1. The lowest BCUT2D eigenvalue weighted by Gasteiger charge is -2.19. The van der Waals surface area contributed by atoms with Gasteiger partial charge in [-0.15, -0.1) is 0 Å². The van der Waals surface area contributed by atoms with Gasteiger partial charge in [0.05, 0.1) is 0 Å². The second-order valence-corrected chi connectivity index (χ2v) is 4.22. The zero-order valence-corrected chi connectivity index (χ0v) is 10.8. The highest BCUT2D eigenvalue weighted by atomic mass is 16.5. The van der Waals surface area contributed by atoms with Crippen molar-refractivity contribution in [3.8, 4) is 0 Å². The lowest BCUT2D eigenvalue weighted by atomic mass is 10.1. The Labute approximate surface area is 103 Å². The minimum atomic E-state index is -0.518. The fourth-order valence-corrected chi connectivity index (χ4v) is 1.85. The van der Waals surface area contributed by atoms with Crippen molar-refractivity contribution < 1.29 is 9.53 Å². The fourth-order valence-electron chi connectivity index (χ4n) is 1.85. The number of carbonyl (C=O) groups excluding carboxylic acids is 1. The molecular weight excluding hydrogens is 214 g/mol. The summed E-state index contributed by atoms with van der Waals surface area (Å²) in [6.07, 6.45) is 1.53. The van der Waals surface area contributed by atoms with Crippen molar-refractivity contribution >= 4 is 5.91 Å². The second-order valence-electron chi connectivity index (χ2n) is 4.22. The van der Waals surface area contributed by atoms with Crippen LogP contribution in [0.25, 0.3) is 0 Å². The molecule has 0 saturated heterocycles. The fraction of sp³-hybridized carbons (Fsp3) is 0.500. The summed E-state index contributed by atoms with van der Waals surface area (Å²) in [6.45, 7) is 4.12. The highest BCUT2D eigenvalue weighted by Gasteiger charge is 2.20. The van der Waals surface area contributed by atoms with E-state index < -0.39 is 6.10 Å². The van der Waals surface area contributed by atoms with E-state index in [1.54, 1.807) is 7.11 Å². The first-order valence-electron chi connectivity index (χ1n) is 6.07. The first-order valence-corrected chi connectivity index (χ1v) is 6.07. The molecule has 1 aromatic carbocycles. The van der Waals surface area contributed by atoms with Crippen LogP contribution in [0.1, 0.15) is 38.4 Å². The van der Waals surface area contributed by atoms with E-state index in [1.165, 1.54) is 0 Å². The minimum absolute atomic E-state index is 0.0698. The van der Waals surface area contributed by atoms with Crippen molar-refractivity contribution in [1.82, 2.24) is 5.32 Å². The lowest BCUT2D eigenvalue weighted by molar-refractivity contribution is -0.132. The largest absolute Gasteiger partial charge is 0.367 e. The highest BCUT2D eigenvalue weighted by Crippen LogP contribution is 2.16. The first-order chi connectivity index (χ1) is 8.19. The smallest absolute Gasteiger partial charge is 0.253 e. The number of hydrogen-bond donors (Lipinski definition) is 1. The van der Waals surface area contributed by atoms with E-state index in [0.717, 1.165) is 18.4 Å². The van der Waals surface area contributed by atoms with Crippen molar-refractivity contribution in [3.63, 3.8) is 0 Å². The molecule has 2 atom stereocenters. The van der Waals surface area contributed by atoms with Crippen LogP contribution in [0.4, 0.5) is 0 Å². The van der Waals surface area contributed by atoms with Crippen molar-refractivity contribution in [3.05, 3.63) is 35.9 Å². The van der Waals surface area contributed by atoms with Crippen LogP contribution in [0.5, 0.6) is 0 Å². The van der Waals surface area contributed by atoms with Crippen LogP contribution in [0.2, 0.25) is 0 Å². The summed E-state index contributed by atoms with van der Waals surface area (Å²) in [6, 6.07) is 9.73. The molecule has 1 amide bonds. The van der Waals surface area contributed by atoms with Gasteiger partial charge in [0, 0.05) is 13.2 Å². The molecule has 0 radical (unpaired) electrons. The third-order valence-corrected chi connectivity index (χ3v) is 2.69. The maximum Gasteiger partial charge on any atom is 0.253 e. The predicted octanol–water partition coefficient (Wildman–Crippen LogP) is 2.68. The van der Waals surface area contributed by atoms with Gasteiger partial charge >= 0.3 is 0 Å². The number of benzene rings is 1. The first kappa shape index (κ1) is 13.7. The summed E-state index contributed by atoms with van der Waals surface area (Å²) in [7, 11) is 1.56. The summed E-state index contributed by atoms with van der Waals surface area (Å²) >= 11 is 0. The molecule has 1 rings (SSSR count). The number of ether oxygens (including phenoxy) is 1. The summed E-state index contributed by atoms with van der Waals surface area (Å²) in [4.78, 5) is 12.0. The number of methoxy groups -OCH3 is 1. The molecule has 1 N–H and O–H groups in total. The molecule has 94 valence electrons. The van der Waals surface area contributed by atoms with Crippen molar-refractivity contribution in [1.29, 1.82) is 0 Å². The molecule has 3 nitrogen and oxygen atoms in total. The Morgan fingerprint density at radius 1 is 1.35 bits per heavy atom. The van der Waals surface area contributed by atoms with Crippen LogP contribution in [0.15, 0.2) is 30.3 Å². The molecule has 0 aliphatic carbocycles. The van der Waals surface area contributed by atoms with Gasteiger partial charge in [0.1, 0.15) is 0 Å². The van der Waals surface area contributed by atoms with E-state index in [2.05, 4.69) is 12.2 Å². The lowest BCUT2D eigenvalue weighted by Crippen LogP contribution is -2.36. The van der Waals surface area contributed by atoms with Gasteiger partial charge in [-0.1, -0.05) is 43.7 Å². The molecule has 0 aromatic heterocycles. The average molecular weight is 235 g/mol. The van der Waals surface area contributed by atoms with Crippen LogP contribution in [-0.4, -0.2) is 19.1 Å². The van der Waals surface area contributed by atoms with Crippen molar-refractivity contribution in [2.75, 3.05) is 7.11 Å². The van der Waals surface area contributed by atoms with Crippen LogP contribution in [-0.2, 0) is 9.53 Å². The topological polar surface area (TPSA) is 38.3 Å². The molecule has 0 fully saturated rings. The van der Waals surface area contributed by atoms with Gasteiger partial charge < -0.3 is 10.1 Å². The Bertz CT molecular complexity index is 337. The SMILES string of the molecule is CCC[C@H](C)NC(=O)[C@H](OC)c1ccccc1. The number of hydrogen-bond acceptors (Lipinski definition) is 2. The molecule has 0 unspecified atom stereocenters. The summed E-state index contributed by atoms with van der Waals surface area (Å²) in [5.41, 5.74) is 0.885. The van der Waals surface area contributed by atoms with E-state index in [-0.39, 0.29) is 11.9 Å². The van der Waals surface area contributed by atoms with Gasteiger partial charge in [-0.05, 0) is 18.9 Å². The predicted molar refractivity (Wildman–Crippen MR) is 68.7 cm³/mol. The third kappa shape index (κ3) is 4.19. The molecular formula is C14H21NO2. The molecule has 3 heteroatoms. The Balaban J connectivity index is 2.65. The minimum Gasteiger partial charge on any atom is -0.367 e. The zero-order valence-electron chi connectivity index (χ0n) is 10.8. The van der Waals surface area contributed by atoms with E-state index in [4.69, 9.17) is 4.74 Å². The molecule has 0 saturated carbocycles. The summed E-state index contributed by atoms with van der Waals surface area (Å²) in [5.74, 6) is -0.0698. The quantitative estimate of drug-likeness (QED) is 0.823. The van der Waals surface area contributed by atoms with E-state index >= 15 is 0 Å². The molecule has 0 spiro atoms. The maximum absolute atomic E-state index is 12.0. The molecule has 0 aliphatic heterocycles. The monoisotopic (exact) mass is 235 g/mol. The second kappa shape index (κ2) is 7.07. The number of carbonyl (C=O) groups is 1. The average Bonchev–Trinajstić information content (AvgIpc) is 2.31. The Hall–Kier alpha value is -1.35. The number of rotatable bonds is 6. The molecule has 17 heavy (non-hydrogen) atoms. The number of nitrogens with one attached hydrogen (secondary N) is 1. The summed E-state index contributed by atoms with van der Waals surface area (Å²) < 4.78 is 5.27. The zero-order chi connectivity index (χ0) is 12.7. The van der Waals surface area contributed by atoms with Crippen molar-refractivity contribution in [2.45, 2.75) is 38.8 Å². The molecule has 0 heterocycles. The Morgan fingerprint density at radius 3 is 2.53 bits per heavy atom. The van der Waals surface area contributed by atoms with Crippen LogP contribution < -0.4 is 5.32 Å². The van der Waals surface area contributed by atoms with Gasteiger partial charge in [-0.3, -0.25) is 4.79 Å². The van der Waals surface area contributed by atoms with Crippen LogP contribution >= 0.6 is 0 Å². The van der Waals surface area contributed by atoms with Gasteiger partial charge in [0.15, 0.2) is 6.10 Å². The van der Waals surface area contributed by atoms with Gasteiger partial charge in [0.2, 0.25) is 0 Å². The molecule has 0 bridgehead atoms. The Kier molecular flexibility index (Phi) is 5.70. The molecule has 1 aromatic rings. The number of amides is 1. The highest BCUT2D eigenvalue weighted by molar-refractivity contribution is 5.82. The van der Waals surface area contributed by atoms with Crippen LogP contribution in [0, 0.1) is 0 Å². The van der Waals surface area contributed by atoms with E-state index in [0.29, 0.717) is 0 Å². The normalized spacial score (nSPS) is 14.1. The van der Waals surface area contributed by atoms with Crippen LogP contribution in [0.3, 0.4) is 0 Å². The maximum atomic E-state index is 12.0. The van der Waals surface area contributed by atoms with Gasteiger partial charge in [-0.25, -0.2) is 0 Å².